The average molecular weight is 234 g/mol. The molecule has 2 rings (SSSR count). The number of amides is 1. The Morgan fingerprint density at radius 1 is 1.59 bits per heavy atom. The van der Waals surface area contributed by atoms with Gasteiger partial charge in [0.15, 0.2) is 0 Å². The third kappa shape index (κ3) is 2.77. The molecule has 1 aromatic carbocycles. The molecule has 92 valence electrons. The Kier molecular flexibility index (Phi) is 3.64. The van der Waals surface area contributed by atoms with E-state index in [0.717, 1.165) is 6.42 Å². The van der Waals surface area contributed by atoms with Gasteiger partial charge >= 0.3 is 0 Å². The predicted molar refractivity (Wildman–Crippen MR) is 66.8 cm³/mol. The van der Waals surface area contributed by atoms with Crippen molar-refractivity contribution < 1.29 is 9.53 Å². The van der Waals surface area contributed by atoms with Crippen LogP contribution in [0.1, 0.15) is 23.7 Å². The van der Waals surface area contributed by atoms with Crippen LogP contribution in [-0.2, 0) is 4.74 Å². The number of nitrogen functional groups attached to an aromatic ring is 1. The van der Waals surface area contributed by atoms with Crippen LogP contribution in [0.5, 0.6) is 0 Å². The zero-order chi connectivity index (χ0) is 12.3. The van der Waals surface area contributed by atoms with E-state index >= 15 is 0 Å². The third-order valence-electron chi connectivity index (χ3n) is 3.01. The summed E-state index contributed by atoms with van der Waals surface area (Å²) < 4.78 is 5.55. The molecule has 0 saturated carbocycles. The van der Waals surface area contributed by atoms with E-state index in [-0.39, 0.29) is 12.0 Å². The number of nitrogens with two attached hydrogens (primary N) is 1. The molecule has 4 nitrogen and oxygen atoms in total. The van der Waals surface area contributed by atoms with Gasteiger partial charge < -0.3 is 15.4 Å². The summed E-state index contributed by atoms with van der Waals surface area (Å²) in [5.41, 5.74) is 6.96. The molecule has 0 bridgehead atoms. The van der Waals surface area contributed by atoms with Crippen molar-refractivity contribution in [3.8, 4) is 0 Å². The van der Waals surface area contributed by atoms with E-state index in [4.69, 9.17) is 10.5 Å². The maximum Gasteiger partial charge on any atom is 0.254 e. The zero-order valence-electron chi connectivity index (χ0n) is 10.1. The summed E-state index contributed by atoms with van der Waals surface area (Å²) in [6.45, 7) is 4.01. The molecule has 1 unspecified atom stereocenters. The number of carbonyl (C=O) groups is 1. The van der Waals surface area contributed by atoms with Gasteiger partial charge in [0.05, 0.1) is 12.7 Å². The fraction of sp³-hybridized carbons (Fsp3) is 0.462. The predicted octanol–water partition coefficient (Wildman–Crippen LogP) is 1.52. The van der Waals surface area contributed by atoms with Gasteiger partial charge in [0.1, 0.15) is 0 Å². The van der Waals surface area contributed by atoms with Crippen molar-refractivity contribution in [3.05, 3.63) is 29.8 Å². The lowest BCUT2D eigenvalue weighted by Crippen LogP contribution is -2.45. The van der Waals surface area contributed by atoms with Gasteiger partial charge in [-0.05, 0) is 24.6 Å². The summed E-state index contributed by atoms with van der Waals surface area (Å²) in [6, 6.07) is 7.11. The number of anilines is 1. The number of hydrogen-bond acceptors (Lipinski definition) is 3. The second kappa shape index (κ2) is 5.19. The first-order chi connectivity index (χ1) is 8.20. The first-order valence-electron chi connectivity index (χ1n) is 5.97. The van der Waals surface area contributed by atoms with Crippen molar-refractivity contribution in [1.82, 2.24) is 4.90 Å². The molecule has 1 aromatic rings. The van der Waals surface area contributed by atoms with Crippen LogP contribution in [0.3, 0.4) is 0 Å². The number of ether oxygens (including phenoxy) is 1. The quantitative estimate of drug-likeness (QED) is 0.789. The van der Waals surface area contributed by atoms with Crippen LogP contribution in [0.2, 0.25) is 0 Å². The molecule has 0 aliphatic carbocycles. The topological polar surface area (TPSA) is 55.6 Å². The first kappa shape index (κ1) is 11.9. The van der Waals surface area contributed by atoms with Crippen molar-refractivity contribution in [2.24, 2.45) is 0 Å². The van der Waals surface area contributed by atoms with Crippen LogP contribution < -0.4 is 5.73 Å². The van der Waals surface area contributed by atoms with Gasteiger partial charge in [0, 0.05) is 24.3 Å². The molecule has 17 heavy (non-hydrogen) atoms. The molecule has 1 saturated heterocycles. The molecular weight excluding hydrogens is 216 g/mol. The number of rotatable bonds is 2. The number of carbonyl (C=O) groups excluding carboxylic acids is 1. The molecule has 0 aromatic heterocycles. The van der Waals surface area contributed by atoms with Gasteiger partial charge in [0.25, 0.3) is 5.91 Å². The van der Waals surface area contributed by atoms with E-state index in [0.29, 0.717) is 30.9 Å². The van der Waals surface area contributed by atoms with Gasteiger partial charge in [-0.25, -0.2) is 0 Å². The smallest absolute Gasteiger partial charge is 0.254 e. The minimum absolute atomic E-state index is 0.0408. The highest BCUT2D eigenvalue weighted by atomic mass is 16.5. The van der Waals surface area contributed by atoms with E-state index in [1.165, 1.54) is 0 Å². The van der Waals surface area contributed by atoms with Gasteiger partial charge in [-0.3, -0.25) is 4.79 Å². The van der Waals surface area contributed by atoms with Crippen LogP contribution in [0.15, 0.2) is 24.3 Å². The van der Waals surface area contributed by atoms with E-state index in [9.17, 15) is 4.79 Å². The Balaban J connectivity index is 2.09. The normalized spacial score (nSPS) is 20.3. The summed E-state index contributed by atoms with van der Waals surface area (Å²) in [5.74, 6) is 0.0408. The lowest BCUT2D eigenvalue weighted by atomic mass is 10.1. The minimum atomic E-state index is 0.0408. The minimum Gasteiger partial charge on any atom is -0.399 e. The SMILES string of the molecule is CCC1CN(C(=O)c2cccc(N)c2)CCO1. The number of morpholine rings is 1. The Morgan fingerprint density at radius 3 is 3.12 bits per heavy atom. The highest BCUT2D eigenvalue weighted by molar-refractivity contribution is 5.95. The van der Waals surface area contributed by atoms with Crippen LogP contribution in [-0.4, -0.2) is 36.6 Å². The van der Waals surface area contributed by atoms with Crippen LogP contribution in [0.4, 0.5) is 5.69 Å². The third-order valence-corrected chi connectivity index (χ3v) is 3.01. The van der Waals surface area contributed by atoms with E-state index in [1.807, 2.05) is 4.90 Å². The molecule has 4 heteroatoms. The van der Waals surface area contributed by atoms with Gasteiger partial charge in [-0.15, -0.1) is 0 Å². The molecule has 0 radical (unpaired) electrons. The molecule has 1 aliphatic rings. The molecule has 1 aliphatic heterocycles. The lowest BCUT2D eigenvalue weighted by molar-refractivity contribution is -0.0226. The summed E-state index contributed by atoms with van der Waals surface area (Å²) in [6.07, 6.45) is 1.09. The van der Waals surface area contributed by atoms with Crippen LogP contribution in [0, 0.1) is 0 Å². The molecule has 1 heterocycles. The van der Waals surface area contributed by atoms with Gasteiger partial charge in [0.2, 0.25) is 0 Å². The molecule has 0 spiro atoms. The number of hydrogen-bond donors (Lipinski definition) is 1. The van der Waals surface area contributed by atoms with E-state index in [2.05, 4.69) is 6.92 Å². The summed E-state index contributed by atoms with van der Waals surface area (Å²) >= 11 is 0. The molecule has 1 fully saturated rings. The largest absolute Gasteiger partial charge is 0.399 e. The number of nitrogens with zero attached hydrogens (tertiary/aromatic N) is 1. The standard InChI is InChI=1S/C13H18N2O2/c1-2-12-9-15(6-7-17-12)13(16)10-4-3-5-11(14)8-10/h3-5,8,12H,2,6-7,9,14H2,1H3. The Labute approximate surface area is 101 Å². The molecule has 1 amide bonds. The van der Waals surface area contributed by atoms with Crippen LogP contribution >= 0.6 is 0 Å². The Hall–Kier alpha value is -1.55. The average Bonchev–Trinajstić information content (AvgIpc) is 2.38. The van der Waals surface area contributed by atoms with Crippen molar-refractivity contribution in [3.63, 3.8) is 0 Å². The first-order valence-corrected chi connectivity index (χ1v) is 5.97. The van der Waals surface area contributed by atoms with Crippen LogP contribution in [0.25, 0.3) is 0 Å². The zero-order valence-corrected chi connectivity index (χ0v) is 10.1. The Morgan fingerprint density at radius 2 is 2.41 bits per heavy atom. The lowest BCUT2D eigenvalue weighted by Gasteiger charge is -2.32. The van der Waals surface area contributed by atoms with Crippen molar-refractivity contribution >= 4 is 11.6 Å². The second-order valence-corrected chi connectivity index (χ2v) is 4.28. The maximum atomic E-state index is 12.2. The molecule has 1 atom stereocenters. The van der Waals surface area contributed by atoms with Gasteiger partial charge in [-0.2, -0.15) is 0 Å². The second-order valence-electron chi connectivity index (χ2n) is 4.28. The van der Waals surface area contributed by atoms with Crippen molar-refractivity contribution in [1.29, 1.82) is 0 Å². The van der Waals surface area contributed by atoms with Crippen molar-refractivity contribution in [2.45, 2.75) is 19.4 Å². The highest BCUT2D eigenvalue weighted by Crippen LogP contribution is 2.14. The fourth-order valence-corrected chi connectivity index (χ4v) is 2.01. The number of benzene rings is 1. The van der Waals surface area contributed by atoms with E-state index in [1.54, 1.807) is 24.3 Å². The Bertz CT molecular complexity index is 406. The maximum absolute atomic E-state index is 12.2. The summed E-state index contributed by atoms with van der Waals surface area (Å²) in [5, 5.41) is 0. The highest BCUT2D eigenvalue weighted by Gasteiger charge is 2.23. The van der Waals surface area contributed by atoms with Gasteiger partial charge in [-0.1, -0.05) is 13.0 Å². The van der Waals surface area contributed by atoms with Crippen molar-refractivity contribution in [2.75, 3.05) is 25.4 Å². The van der Waals surface area contributed by atoms with E-state index < -0.39 is 0 Å². The fourth-order valence-electron chi connectivity index (χ4n) is 2.01. The summed E-state index contributed by atoms with van der Waals surface area (Å²) in [4.78, 5) is 14.1. The monoisotopic (exact) mass is 234 g/mol. The summed E-state index contributed by atoms with van der Waals surface area (Å²) in [7, 11) is 0. The molecule has 2 N–H and O–H groups in total. The molecular formula is C13H18N2O2.